The molecule has 0 aliphatic carbocycles. The fourth-order valence-corrected chi connectivity index (χ4v) is 3.64. The Labute approximate surface area is 173 Å². The molecule has 0 aliphatic rings. The molecule has 0 atom stereocenters. The molecule has 0 unspecified atom stereocenters. The third-order valence-electron chi connectivity index (χ3n) is 4.21. The van der Waals surface area contributed by atoms with Crippen LogP contribution in [-0.2, 0) is 21.4 Å². The maximum Gasteiger partial charge on any atom is 0.264 e. The minimum Gasteiger partial charge on any atom is -0.307 e. The molecule has 29 heavy (non-hydrogen) atoms. The number of carbonyl (C=O) groups excluding carboxylic acids is 1. The van der Waals surface area contributed by atoms with Crippen LogP contribution in [0.15, 0.2) is 65.7 Å². The Morgan fingerprint density at radius 1 is 1.14 bits per heavy atom. The molecule has 3 rings (SSSR count). The molecule has 0 bridgehead atoms. The molecule has 1 heterocycles. The van der Waals surface area contributed by atoms with Gasteiger partial charge in [0.05, 0.1) is 24.7 Å². The Morgan fingerprint density at radius 2 is 1.79 bits per heavy atom. The van der Waals surface area contributed by atoms with Crippen molar-refractivity contribution in [3.63, 3.8) is 0 Å². The van der Waals surface area contributed by atoms with Gasteiger partial charge in [-0.1, -0.05) is 28.2 Å². The lowest BCUT2D eigenvalue weighted by Gasteiger charge is -2.14. The van der Waals surface area contributed by atoms with Gasteiger partial charge in [-0.15, -0.1) is 0 Å². The molecule has 8 nitrogen and oxygen atoms in total. The van der Waals surface area contributed by atoms with E-state index in [4.69, 9.17) is 16.4 Å². The first kappa shape index (κ1) is 21.0. The molecule has 152 valence electrons. The molecule has 3 aromatic rings. The van der Waals surface area contributed by atoms with Gasteiger partial charge in [-0.3, -0.25) is 9.63 Å². The molecule has 1 aromatic heterocycles. The van der Waals surface area contributed by atoms with Gasteiger partial charge in [0.2, 0.25) is 0 Å². The van der Waals surface area contributed by atoms with Crippen LogP contribution in [0.4, 0.5) is 5.82 Å². The van der Waals surface area contributed by atoms with Gasteiger partial charge in [0.1, 0.15) is 5.82 Å². The van der Waals surface area contributed by atoms with Crippen LogP contribution in [-0.4, -0.2) is 42.7 Å². The summed E-state index contributed by atoms with van der Waals surface area (Å²) in [6.45, 7) is 0.459. The number of benzene rings is 2. The zero-order valence-corrected chi connectivity index (χ0v) is 17.3. The summed E-state index contributed by atoms with van der Waals surface area (Å²) < 4.78 is 26.8. The lowest BCUT2D eigenvalue weighted by Crippen LogP contribution is -2.25. The summed E-state index contributed by atoms with van der Waals surface area (Å²) >= 11 is 5.90. The van der Waals surface area contributed by atoms with Crippen molar-refractivity contribution in [2.45, 2.75) is 11.4 Å². The SMILES string of the molecule is CON(C)S(=O)(=O)c1ccc(C(=O)Nc2ccnn2Cc2ccc(Cl)cc2)cc1. The minimum atomic E-state index is -3.77. The standard InChI is InChI=1S/C19H19ClN4O4S/c1-23(28-2)29(26,27)17-9-5-15(6-10-17)19(25)22-18-11-12-21-24(18)13-14-3-7-16(20)8-4-14/h3-12H,13H2,1-2H3,(H,22,25). The van der Waals surface area contributed by atoms with E-state index < -0.39 is 10.0 Å². The van der Waals surface area contributed by atoms with Crippen LogP contribution in [0.1, 0.15) is 15.9 Å². The van der Waals surface area contributed by atoms with Crippen LogP contribution >= 0.6 is 11.6 Å². The fraction of sp³-hybridized carbons (Fsp3) is 0.158. The second-order valence-electron chi connectivity index (χ2n) is 6.08. The lowest BCUT2D eigenvalue weighted by molar-refractivity contribution is -0.0258. The molecular formula is C19H19ClN4O4S. The van der Waals surface area contributed by atoms with Crippen molar-refractivity contribution in [2.24, 2.45) is 0 Å². The summed E-state index contributed by atoms with van der Waals surface area (Å²) in [6, 6.07) is 14.6. The topological polar surface area (TPSA) is 93.5 Å². The quantitative estimate of drug-likeness (QED) is 0.577. The summed E-state index contributed by atoms with van der Waals surface area (Å²) in [5.41, 5.74) is 1.29. The molecule has 0 saturated heterocycles. The van der Waals surface area contributed by atoms with Crippen LogP contribution < -0.4 is 5.32 Å². The maximum absolute atomic E-state index is 12.6. The van der Waals surface area contributed by atoms with E-state index in [0.717, 1.165) is 10.0 Å². The summed E-state index contributed by atoms with van der Waals surface area (Å²) in [7, 11) is -1.22. The lowest BCUT2D eigenvalue weighted by atomic mass is 10.2. The first-order valence-corrected chi connectivity index (χ1v) is 10.3. The predicted molar refractivity (Wildman–Crippen MR) is 109 cm³/mol. The number of amides is 1. The van der Waals surface area contributed by atoms with Gasteiger partial charge >= 0.3 is 0 Å². The molecule has 0 aliphatic heterocycles. The number of halogens is 1. The number of hydroxylamine groups is 1. The first-order chi connectivity index (χ1) is 13.8. The minimum absolute atomic E-state index is 0.0196. The Morgan fingerprint density at radius 3 is 2.41 bits per heavy atom. The number of anilines is 1. The van der Waals surface area contributed by atoms with E-state index in [0.29, 0.717) is 22.9 Å². The van der Waals surface area contributed by atoms with Gasteiger partial charge in [0.15, 0.2) is 0 Å². The van der Waals surface area contributed by atoms with Crippen LogP contribution in [0.3, 0.4) is 0 Å². The highest BCUT2D eigenvalue weighted by Gasteiger charge is 2.21. The number of nitrogens with one attached hydrogen (secondary N) is 1. The van der Waals surface area contributed by atoms with Gasteiger partial charge in [-0.05, 0) is 42.0 Å². The van der Waals surface area contributed by atoms with Gasteiger partial charge < -0.3 is 5.32 Å². The van der Waals surface area contributed by atoms with E-state index in [1.807, 2.05) is 12.1 Å². The highest BCUT2D eigenvalue weighted by Crippen LogP contribution is 2.17. The average molecular weight is 435 g/mol. The molecule has 0 radical (unpaired) electrons. The third-order valence-corrected chi connectivity index (χ3v) is 6.16. The van der Waals surface area contributed by atoms with Gasteiger partial charge in [0.25, 0.3) is 15.9 Å². The van der Waals surface area contributed by atoms with E-state index in [-0.39, 0.29) is 10.8 Å². The summed E-state index contributed by atoms with van der Waals surface area (Å²) in [4.78, 5) is 17.3. The number of carbonyl (C=O) groups is 1. The Kier molecular flexibility index (Phi) is 6.33. The largest absolute Gasteiger partial charge is 0.307 e. The summed E-state index contributed by atoms with van der Waals surface area (Å²) in [6.07, 6.45) is 1.59. The van der Waals surface area contributed by atoms with Crippen LogP contribution in [0.25, 0.3) is 0 Å². The van der Waals surface area contributed by atoms with E-state index in [1.54, 1.807) is 29.1 Å². The van der Waals surface area contributed by atoms with Gasteiger partial charge in [0, 0.05) is 23.7 Å². The normalized spacial score (nSPS) is 11.6. The fourth-order valence-electron chi connectivity index (χ4n) is 2.54. The second kappa shape index (κ2) is 8.75. The summed E-state index contributed by atoms with van der Waals surface area (Å²) in [5, 5.41) is 7.65. The first-order valence-electron chi connectivity index (χ1n) is 8.52. The highest BCUT2D eigenvalue weighted by molar-refractivity contribution is 7.89. The van der Waals surface area contributed by atoms with Crippen LogP contribution in [0.2, 0.25) is 5.02 Å². The van der Waals surface area contributed by atoms with E-state index >= 15 is 0 Å². The van der Waals surface area contributed by atoms with Crippen molar-refractivity contribution in [3.8, 4) is 0 Å². The molecule has 10 heteroatoms. The highest BCUT2D eigenvalue weighted by atomic mass is 35.5. The monoisotopic (exact) mass is 434 g/mol. The van der Waals surface area contributed by atoms with Crippen LogP contribution in [0.5, 0.6) is 0 Å². The Hall–Kier alpha value is -2.72. The zero-order chi connectivity index (χ0) is 21.0. The Balaban J connectivity index is 1.73. The molecular weight excluding hydrogens is 416 g/mol. The van der Waals surface area contributed by atoms with Gasteiger partial charge in [-0.25, -0.2) is 13.1 Å². The van der Waals surface area contributed by atoms with E-state index in [2.05, 4.69) is 10.4 Å². The number of sulfonamides is 1. The maximum atomic E-state index is 12.6. The van der Waals surface area contributed by atoms with E-state index in [1.165, 1.54) is 38.4 Å². The molecule has 0 fully saturated rings. The smallest absolute Gasteiger partial charge is 0.264 e. The second-order valence-corrected chi connectivity index (χ2v) is 8.45. The van der Waals surface area contributed by atoms with Crippen molar-refractivity contribution in [1.29, 1.82) is 0 Å². The van der Waals surface area contributed by atoms with Crippen LogP contribution in [0, 0.1) is 0 Å². The molecule has 1 amide bonds. The molecule has 0 saturated carbocycles. The number of hydrogen-bond donors (Lipinski definition) is 1. The average Bonchev–Trinajstić information content (AvgIpc) is 3.15. The number of aromatic nitrogens is 2. The van der Waals surface area contributed by atoms with Crippen molar-refractivity contribution >= 4 is 33.3 Å². The zero-order valence-electron chi connectivity index (χ0n) is 15.7. The number of rotatable bonds is 7. The molecule has 2 aromatic carbocycles. The number of hydrogen-bond acceptors (Lipinski definition) is 5. The van der Waals surface area contributed by atoms with Crippen molar-refractivity contribution < 1.29 is 18.0 Å². The van der Waals surface area contributed by atoms with Crippen molar-refractivity contribution in [3.05, 3.63) is 76.9 Å². The number of nitrogens with zero attached hydrogens (tertiary/aromatic N) is 3. The predicted octanol–water partition coefficient (Wildman–Crippen LogP) is 3.02. The third kappa shape index (κ3) is 4.83. The van der Waals surface area contributed by atoms with E-state index in [9.17, 15) is 13.2 Å². The van der Waals surface area contributed by atoms with Gasteiger partial charge in [-0.2, -0.15) is 5.10 Å². The van der Waals surface area contributed by atoms with Crippen molar-refractivity contribution in [2.75, 3.05) is 19.5 Å². The summed E-state index contributed by atoms with van der Waals surface area (Å²) in [5.74, 6) is 0.132. The molecule has 1 N–H and O–H groups in total. The molecule has 0 spiro atoms. The Bertz CT molecular complexity index is 1100. The van der Waals surface area contributed by atoms with Crippen molar-refractivity contribution in [1.82, 2.24) is 14.2 Å².